The number of primary amides is 1. The van der Waals surface area contributed by atoms with Gasteiger partial charge in [-0.25, -0.2) is 4.79 Å². The number of nitrogens with two attached hydrogens (primary N) is 1. The van der Waals surface area contributed by atoms with Gasteiger partial charge in [0, 0.05) is 0 Å². The average Bonchev–Trinajstić information content (AvgIpc) is 2.05. The summed E-state index contributed by atoms with van der Waals surface area (Å²) in [6, 6.07) is 5.46. The molecule has 2 N–H and O–H groups in total. The van der Waals surface area contributed by atoms with Crippen LogP contribution in [0.4, 0.5) is 4.79 Å². The molecular formula is C10H14ClNO2Si. The monoisotopic (exact) mass is 243 g/mol. The Morgan fingerprint density at radius 1 is 1.40 bits per heavy atom. The molecule has 0 spiro atoms. The first-order chi connectivity index (χ1) is 6.82. The predicted octanol–water partition coefficient (Wildman–Crippen LogP) is 2.34. The zero-order valence-corrected chi connectivity index (χ0v) is 10.8. The minimum atomic E-state index is -1.59. The standard InChI is InChI=1S/C10H14ClNO2Si/c1-15(2,3)8-6-4-5-7(11)9(8)14-10(12)13/h4-6H,1-3H3,(H2,12,13). The third kappa shape index (κ3) is 2.97. The smallest absolute Gasteiger partial charge is 0.409 e. The molecule has 0 unspecified atom stereocenters. The fourth-order valence-corrected chi connectivity index (χ4v) is 3.06. The van der Waals surface area contributed by atoms with Gasteiger partial charge in [-0.1, -0.05) is 43.4 Å². The first-order valence-corrected chi connectivity index (χ1v) is 8.46. The molecule has 82 valence electrons. The molecule has 0 aromatic heterocycles. The van der Waals surface area contributed by atoms with E-state index in [-0.39, 0.29) is 0 Å². The summed E-state index contributed by atoms with van der Waals surface area (Å²) in [5.74, 6) is 0.408. The highest BCUT2D eigenvalue weighted by Gasteiger charge is 2.23. The van der Waals surface area contributed by atoms with E-state index in [1.807, 2.05) is 12.1 Å². The van der Waals surface area contributed by atoms with E-state index in [0.717, 1.165) is 5.19 Å². The lowest BCUT2D eigenvalue weighted by Crippen LogP contribution is -2.39. The van der Waals surface area contributed by atoms with Gasteiger partial charge in [0.25, 0.3) is 0 Å². The Balaban J connectivity index is 3.26. The quantitative estimate of drug-likeness (QED) is 0.811. The molecule has 1 aromatic carbocycles. The molecule has 0 saturated carbocycles. The summed E-state index contributed by atoms with van der Waals surface area (Å²) in [5, 5.41) is 1.42. The Kier molecular flexibility index (Phi) is 3.41. The normalized spacial score (nSPS) is 11.2. The molecule has 0 radical (unpaired) electrons. The molecule has 0 aliphatic carbocycles. The lowest BCUT2D eigenvalue weighted by Gasteiger charge is -2.20. The van der Waals surface area contributed by atoms with Crippen LogP contribution in [-0.2, 0) is 0 Å². The lowest BCUT2D eigenvalue weighted by molar-refractivity contribution is 0.211. The first-order valence-electron chi connectivity index (χ1n) is 4.58. The number of hydrogen-bond donors (Lipinski definition) is 1. The van der Waals surface area contributed by atoms with Crippen molar-refractivity contribution in [2.75, 3.05) is 0 Å². The molecule has 0 aliphatic rings. The van der Waals surface area contributed by atoms with Crippen molar-refractivity contribution in [1.82, 2.24) is 0 Å². The van der Waals surface area contributed by atoms with Crippen molar-refractivity contribution >= 4 is 31.0 Å². The van der Waals surface area contributed by atoms with E-state index in [0.29, 0.717) is 10.8 Å². The number of para-hydroxylation sites is 1. The van der Waals surface area contributed by atoms with E-state index in [1.54, 1.807) is 6.07 Å². The molecular weight excluding hydrogens is 230 g/mol. The van der Waals surface area contributed by atoms with Gasteiger partial charge in [0.15, 0.2) is 5.75 Å². The van der Waals surface area contributed by atoms with E-state index in [2.05, 4.69) is 19.6 Å². The Labute approximate surface area is 95.2 Å². The van der Waals surface area contributed by atoms with Gasteiger partial charge in [-0.15, -0.1) is 0 Å². The fourth-order valence-electron chi connectivity index (χ4n) is 1.30. The third-order valence-electron chi connectivity index (χ3n) is 1.98. The molecule has 5 heteroatoms. The van der Waals surface area contributed by atoms with Gasteiger partial charge in [0.2, 0.25) is 0 Å². The minimum Gasteiger partial charge on any atom is -0.409 e. The lowest BCUT2D eigenvalue weighted by atomic mass is 10.3. The van der Waals surface area contributed by atoms with Crippen LogP contribution in [0.15, 0.2) is 18.2 Å². The molecule has 0 atom stereocenters. The zero-order valence-electron chi connectivity index (χ0n) is 9.00. The van der Waals surface area contributed by atoms with Gasteiger partial charge in [-0.2, -0.15) is 0 Å². The van der Waals surface area contributed by atoms with Crippen LogP contribution in [0, 0.1) is 0 Å². The number of amides is 1. The van der Waals surface area contributed by atoms with Crippen LogP contribution >= 0.6 is 11.6 Å². The Hall–Kier alpha value is -1.00. The first kappa shape index (κ1) is 12.1. The predicted molar refractivity (Wildman–Crippen MR) is 64.6 cm³/mol. The molecule has 1 aromatic rings. The summed E-state index contributed by atoms with van der Waals surface area (Å²) in [7, 11) is -1.59. The largest absolute Gasteiger partial charge is 0.410 e. The third-order valence-corrected chi connectivity index (χ3v) is 4.29. The van der Waals surface area contributed by atoms with E-state index in [4.69, 9.17) is 22.1 Å². The van der Waals surface area contributed by atoms with Gasteiger partial charge in [-0.3, -0.25) is 0 Å². The summed E-state index contributed by atoms with van der Waals surface area (Å²) < 4.78 is 4.94. The van der Waals surface area contributed by atoms with Crippen molar-refractivity contribution in [2.24, 2.45) is 5.73 Å². The molecule has 15 heavy (non-hydrogen) atoms. The highest BCUT2D eigenvalue weighted by atomic mass is 35.5. The second kappa shape index (κ2) is 4.24. The van der Waals surface area contributed by atoms with Crippen molar-refractivity contribution < 1.29 is 9.53 Å². The van der Waals surface area contributed by atoms with E-state index in [9.17, 15) is 4.79 Å². The van der Waals surface area contributed by atoms with Crippen molar-refractivity contribution in [3.63, 3.8) is 0 Å². The van der Waals surface area contributed by atoms with Crippen molar-refractivity contribution in [1.29, 1.82) is 0 Å². The topological polar surface area (TPSA) is 52.3 Å². The summed E-state index contributed by atoms with van der Waals surface area (Å²) in [6.07, 6.45) is -0.831. The van der Waals surface area contributed by atoms with E-state index >= 15 is 0 Å². The number of benzene rings is 1. The number of hydrogen-bond acceptors (Lipinski definition) is 2. The van der Waals surface area contributed by atoms with Crippen LogP contribution in [0.1, 0.15) is 0 Å². The molecule has 1 rings (SSSR count). The highest BCUT2D eigenvalue weighted by molar-refractivity contribution is 6.89. The summed E-state index contributed by atoms with van der Waals surface area (Å²) in [6.45, 7) is 6.44. The Morgan fingerprint density at radius 3 is 2.47 bits per heavy atom. The van der Waals surface area contributed by atoms with E-state index < -0.39 is 14.2 Å². The fraction of sp³-hybridized carbons (Fsp3) is 0.300. The summed E-state index contributed by atoms with van der Waals surface area (Å²) >= 11 is 5.97. The summed E-state index contributed by atoms with van der Waals surface area (Å²) in [5.41, 5.74) is 5.00. The maximum absolute atomic E-state index is 10.8. The molecule has 0 saturated heterocycles. The van der Waals surface area contributed by atoms with Crippen molar-refractivity contribution in [2.45, 2.75) is 19.6 Å². The van der Waals surface area contributed by atoms with Gasteiger partial charge >= 0.3 is 6.09 Å². The van der Waals surface area contributed by atoms with Crippen LogP contribution in [-0.4, -0.2) is 14.2 Å². The number of carbonyl (C=O) groups excluding carboxylic acids is 1. The Bertz CT molecular complexity index is 387. The van der Waals surface area contributed by atoms with Gasteiger partial charge in [0.1, 0.15) is 0 Å². The van der Waals surface area contributed by atoms with Crippen LogP contribution < -0.4 is 15.7 Å². The molecule has 3 nitrogen and oxygen atoms in total. The van der Waals surface area contributed by atoms with Gasteiger partial charge in [-0.05, 0) is 11.3 Å². The van der Waals surface area contributed by atoms with Crippen molar-refractivity contribution in [3.05, 3.63) is 23.2 Å². The SMILES string of the molecule is C[Si](C)(C)c1cccc(Cl)c1OC(N)=O. The van der Waals surface area contributed by atoms with Crippen LogP contribution in [0.3, 0.4) is 0 Å². The molecule has 0 bridgehead atoms. The zero-order chi connectivity index (χ0) is 11.6. The van der Waals surface area contributed by atoms with Gasteiger partial charge < -0.3 is 10.5 Å². The number of carbonyl (C=O) groups is 1. The second-order valence-electron chi connectivity index (χ2n) is 4.29. The maximum Gasteiger partial charge on any atom is 0.410 e. The molecule has 0 fully saturated rings. The average molecular weight is 244 g/mol. The van der Waals surface area contributed by atoms with E-state index in [1.165, 1.54) is 0 Å². The van der Waals surface area contributed by atoms with Crippen LogP contribution in [0.2, 0.25) is 24.7 Å². The number of ether oxygens (including phenoxy) is 1. The van der Waals surface area contributed by atoms with Gasteiger partial charge in [0.05, 0.1) is 13.1 Å². The highest BCUT2D eigenvalue weighted by Crippen LogP contribution is 2.24. The number of rotatable bonds is 2. The van der Waals surface area contributed by atoms with Crippen LogP contribution in [0.25, 0.3) is 0 Å². The molecule has 0 heterocycles. The second-order valence-corrected chi connectivity index (χ2v) is 9.73. The number of halogens is 1. The van der Waals surface area contributed by atoms with Crippen molar-refractivity contribution in [3.8, 4) is 5.75 Å². The summed E-state index contributed by atoms with van der Waals surface area (Å²) in [4.78, 5) is 10.8. The minimum absolute atomic E-state index is 0.408. The molecule has 0 aliphatic heterocycles. The Morgan fingerprint density at radius 2 is 2.00 bits per heavy atom. The van der Waals surface area contributed by atoms with Crippen LogP contribution in [0.5, 0.6) is 5.75 Å². The molecule has 1 amide bonds. The maximum atomic E-state index is 10.8.